The van der Waals surface area contributed by atoms with Crippen LogP contribution < -0.4 is 16.4 Å². The highest BCUT2D eigenvalue weighted by Gasteiger charge is 2.33. The van der Waals surface area contributed by atoms with Crippen molar-refractivity contribution in [3.63, 3.8) is 0 Å². The summed E-state index contributed by atoms with van der Waals surface area (Å²) in [6.07, 6.45) is 3.97. The number of nitrogens with zero attached hydrogens (tertiary/aromatic N) is 1. The molecule has 3 amide bonds. The second-order valence-corrected chi connectivity index (χ2v) is 5.11. The maximum absolute atomic E-state index is 12.4. The van der Waals surface area contributed by atoms with Crippen molar-refractivity contribution in [2.75, 3.05) is 19.6 Å². The van der Waals surface area contributed by atoms with Gasteiger partial charge in [-0.1, -0.05) is 12.8 Å². The number of amides is 3. The Bertz CT molecular complexity index is 369. The number of primary amides is 1. The van der Waals surface area contributed by atoms with Crippen LogP contribution in [-0.2, 0) is 14.4 Å². The molecule has 4 N–H and O–H groups in total. The Morgan fingerprint density at radius 3 is 2.53 bits per heavy atom. The topological polar surface area (TPSA) is 105 Å². The third kappa shape index (κ3) is 3.44. The first-order valence-electron chi connectivity index (χ1n) is 6.67. The number of hydrogen-bond acceptors (Lipinski definition) is 4. The van der Waals surface area contributed by atoms with E-state index in [2.05, 4.69) is 10.6 Å². The molecule has 19 heavy (non-hydrogen) atoms. The van der Waals surface area contributed by atoms with E-state index in [0.29, 0.717) is 0 Å². The number of piperazine rings is 1. The molecule has 2 rings (SSSR count). The zero-order valence-electron chi connectivity index (χ0n) is 10.9. The lowest BCUT2D eigenvalue weighted by molar-refractivity contribution is -0.140. The first-order chi connectivity index (χ1) is 9.08. The molecule has 0 spiro atoms. The number of hydrogen-bond donors (Lipinski definition) is 3. The van der Waals surface area contributed by atoms with Gasteiger partial charge < -0.3 is 16.0 Å². The van der Waals surface area contributed by atoms with Gasteiger partial charge in [0.25, 0.3) is 0 Å². The molecule has 7 nitrogen and oxygen atoms in total. The van der Waals surface area contributed by atoms with Crippen molar-refractivity contribution in [3.05, 3.63) is 0 Å². The van der Waals surface area contributed by atoms with Gasteiger partial charge in [-0.3, -0.25) is 19.7 Å². The smallest absolute Gasteiger partial charge is 0.242 e. The van der Waals surface area contributed by atoms with Crippen LogP contribution >= 0.6 is 0 Å². The van der Waals surface area contributed by atoms with Crippen LogP contribution in [0.1, 0.15) is 25.7 Å². The average Bonchev–Trinajstić information content (AvgIpc) is 2.89. The average molecular weight is 268 g/mol. The summed E-state index contributed by atoms with van der Waals surface area (Å²) in [5.41, 5.74) is 5.23. The first-order valence-corrected chi connectivity index (χ1v) is 6.67. The largest absolute Gasteiger partial charge is 0.368 e. The van der Waals surface area contributed by atoms with Crippen LogP contribution in [0.5, 0.6) is 0 Å². The predicted octanol–water partition coefficient (Wildman–Crippen LogP) is -1.67. The molecule has 1 saturated carbocycles. The Morgan fingerprint density at radius 1 is 1.32 bits per heavy atom. The molecule has 106 valence electrons. The van der Waals surface area contributed by atoms with E-state index >= 15 is 0 Å². The third-order valence-electron chi connectivity index (χ3n) is 3.69. The summed E-state index contributed by atoms with van der Waals surface area (Å²) < 4.78 is 0. The highest BCUT2D eigenvalue weighted by molar-refractivity contribution is 5.89. The van der Waals surface area contributed by atoms with Gasteiger partial charge in [0.15, 0.2) is 0 Å². The number of carbonyl (C=O) groups is 3. The normalized spacial score (nSPS) is 24.0. The summed E-state index contributed by atoms with van der Waals surface area (Å²) in [6, 6.07) is -0.364. The molecular formula is C12H20N4O3. The van der Waals surface area contributed by atoms with E-state index in [0.717, 1.165) is 25.7 Å². The summed E-state index contributed by atoms with van der Waals surface area (Å²) in [5, 5.41) is 5.54. The summed E-state index contributed by atoms with van der Waals surface area (Å²) in [4.78, 5) is 36.2. The van der Waals surface area contributed by atoms with Gasteiger partial charge in [0, 0.05) is 12.6 Å². The van der Waals surface area contributed by atoms with Crippen molar-refractivity contribution in [2.24, 2.45) is 5.73 Å². The van der Waals surface area contributed by atoms with Gasteiger partial charge in [-0.2, -0.15) is 0 Å². The van der Waals surface area contributed by atoms with E-state index < -0.39 is 11.9 Å². The zero-order chi connectivity index (χ0) is 13.8. The molecule has 1 aliphatic heterocycles. The molecule has 0 aromatic carbocycles. The molecule has 0 aromatic heterocycles. The molecule has 2 aliphatic rings. The molecule has 0 aromatic rings. The number of nitrogens with two attached hydrogens (primary N) is 1. The molecule has 1 unspecified atom stereocenters. The number of rotatable bonds is 4. The summed E-state index contributed by atoms with van der Waals surface area (Å²) in [7, 11) is 0. The fourth-order valence-electron chi connectivity index (χ4n) is 2.71. The van der Waals surface area contributed by atoms with Crippen molar-refractivity contribution >= 4 is 17.7 Å². The lowest BCUT2D eigenvalue weighted by atomic mass is 10.1. The van der Waals surface area contributed by atoms with Gasteiger partial charge in [-0.15, -0.1) is 0 Å². The van der Waals surface area contributed by atoms with E-state index in [4.69, 9.17) is 5.73 Å². The molecule has 0 bridgehead atoms. The molecule has 7 heteroatoms. The minimum Gasteiger partial charge on any atom is -0.368 e. The van der Waals surface area contributed by atoms with Crippen LogP contribution in [0, 0.1) is 0 Å². The molecule has 1 heterocycles. The van der Waals surface area contributed by atoms with Crippen molar-refractivity contribution in [3.8, 4) is 0 Å². The fraction of sp³-hybridized carbons (Fsp3) is 0.750. The Labute approximate surface area is 111 Å². The van der Waals surface area contributed by atoms with Crippen LogP contribution in [-0.4, -0.2) is 54.3 Å². The van der Waals surface area contributed by atoms with Gasteiger partial charge in [-0.05, 0) is 12.8 Å². The van der Waals surface area contributed by atoms with E-state index in [9.17, 15) is 14.4 Å². The minimum absolute atomic E-state index is 0.0460. The van der Waals surface area contributed by atoms with Crippen LogP contribution in [0.15, 0.2) is 0 Å². The summed E-state index contributed by atoms with van der Waals surface area (Å²) in [5.74, 6) is -0.767. The Balaban J connectivity index is 2.01. The third-order valence-corrected chi connectivity index (χ3v) is 3.69. The van der Waals surface area contributed by atoms with E-state index in [-0.39, 0.29) is 37.5 Å². The lowest BCUT2D eigenvalue weighted by Gasteiger charge is -2.33. The number of carbonyl (C=O) groups excluding carboxylic acids is 3. The maximum atomic E-state index is 12.4. The van der Waals surface area contributed by atoms with Crippen molar-refractivity contribution < 1.29 is 14.4 Å². The Morgan fingerprint density at radius 2 is 2.00 bits per heavy atom. The van der Waals surface area contributed by atoms with Crippen LogP contribution in [0.2, 0.25) is 0 Å². The Hall–Kier alpha value is -1.63. The molecule has 1 saturated heterocycles. The highest BCUT2D eigenvalue weighted by atomic mass is 16.2. The van der Waals surface area contributed by atoms with Crippen molar-refractivity contribution in [2.45, 2.75) is 37.8 Å². The molecule has 1 aliphatic carbocycles. The van der Waals surface area contributed by atoms with Crippen LogP contribution in [0.3, 0.4) is 0 Å². The number of nitrogens with one attached hydrogen (secondary N) is 2. The van der Waals surface area contributed by atoms with E-state index in [1.54, 1.807) is 4.90 Å². The molecule has 0 radical (unpaired) electrons. The van der Waals surface area contributed by atoms with E-state index in [1.165, 1.54) is 0 Å². The highest BCUT2D eigenvalue weighted by Crippen LogP contribution is 2.23. The second kappa shape index (κ2) is 6.01. The molecule has 1 atom stereocenters. The van der Waals surface area contributed by atoms with Crippen molar-refractivity contribution in [1.82, 2.24) is 15.5 Å². The quantitative estimate of drug-likeness (QED) is 0.567. The van der Waals surface area contributed by atoms with Gasteiger partial charge in [-0.25, -0.2) is 0 Å². The van der Waals surface area contributed by atoms with Crippen LogP contribution in [0.4, 0.5) is 0 Å². The first kappa shape index (κ1) is 13.8. The Kier molecular flexibility index (Phi) is 4.36. The molecule has 2 fully saturated rings. The standard InChI is InChI=1S/C12H20N4O3/c13-10(17)7-16(8-3-1-2-4-8)12(19)9-5-15-11(18)6-14-9/h8-9,14H,1-7H2,(H2,13,17)(H,15,18). The zero-order valence-corrected chi connectivity index (χ0v) is 10.9. The minimum atomic E-state index is -0.500. The van der Waals surface area contributed by atoms with Crippen molar-refractivity contribution in [1.29, 1.82) is 0 Å². The van der Waals surface area contributed by atoms with Gasteiger partial charge in [0.2, 0.25) is 17.7 Å². The van der Waals surface area contributed by atoms with Crippen LogP contribution in [0.25, 0.3) is 0 Å². The van der Waals surface area contributed by atoms with E-state index in [1.807, 2.05) is 0 Å². The second-order valence-electron chi connectivity index (χ2n) is 5.11. The predicted molar refractivity (Wildman–Crippen MR) is 68.0 cm³/mol. The fourth-order valence-corrected chi connectivity index (χ4v) is 2.71. The maximum Gasteiger partial charge on any atom is 0.242 e. The summed E-state index contributed by atoms with van der Waals surface area (Å²) >= 11 is 0. The molecular weight excluding hydrogens is 248 g/mol. The summed E-state index contributed by atoms with van der Waals surface area (Å²) in [6.45, 7) is 0.348. The van der Waals surface area contributed by atoms with Gasteiger partial charge in [0.05, 0.1) is 13.1 Å². The van der Waals surface area contributed by atoms with Gasteiger partial charge in [0.1, 0.15) is 6.04 Å². The monoisotopic (exact) mass is 268 g/mol. The SMILES string of the molecule is NC(=O)CN(C(=O)C1CNC(=O)CN1)C1CCCC1. The lowest BCUT2D eigenvalue weighted by Crippen LogP contribution is -2.60. The van der Waals surface area contributed by atoms with Gasteiger partial charge >= 0.3 is 0 Å².